The number of amides is 1. The number of nitrogens with one attached hydrogen (secondary N) is 5. The van der Waals surface area contributed by atoms with Gasteiger partial charge in [-0.05, 0) is 113 Å². The summed E-state index contributed by atoms with van der Waals surface area (Å²) < 4.78 is 35.5. The summed E-state index contributed by atoms with van der Waals surface area (Å²) in [5.74, 6) is -0.0773. The highest BCUT2D eigenvalue weighted by molar-refractivity contribution is 5.78. The molecule has 4 aliphatic rings. The molecule has 54 heavy (non-hydrogen) atoms. The third-order valence-corrected chi connectivity index (χ3v) is 11.0. The molecule has 1 aromatic carbocycles. The molecule has 7 N–H and O–H groups in total. The van der Waals surface area contributed by atoms with Crippen molar-refractivity contribution in [3.8, 4) is 5.75 Å². The molecular weight excluding hydrogens is 694 g/mol. The second-order valence-electron chi connectivity index (χ2n) is 14.7. The Morgan fingerprint density at radius 2 is 1.85 bits per heavy atom. The number of hydrogen-bond donors (Lipinski definition) is 6. The summed E-state index contributed by atoms with van der Waals surface area (Å²) in [5.41, 5.74) is 6.34. The molecule has 1 aliphatic carbocycles. The first-order valence-electron chi connectivity index (χ1n) is 19.3. The first-order valence-corrected chi connectivity index (χ1v) is 19.3. The van der Waals surface area contributed by atoms with Gasteiger partial charge in [0.1, 0.15) is 0 Å². The van der Waals surface area contributed by atoms with Crippen molar-refractivity contribution >= 4 is 17.7 Å². The zero-order valence-electron chi connectivity index (χ0n) is 30.9. The molecule has 0 spiro atoms. The molecule has 2 aromatic rings. The van der Waals surface area contributed by atoms with Crippen molar-refractivity contribution in [2.45, 2.75) is 82.5 Å². The number of nitrogens with zero attached hydrogens (tertiary/aromatic N) is 4. The number of benzene rings is 1. The highest BCUT2D eigenvalue weighted by Gasteiger charge is 2.29. The zero-order chi connectivity index (χ0) is 38.0. The third kappa shape index (κ3) is 10.3. The topological polar surface area (TPSA) is 166 Å². The largest absolute Gasteiger partial charge is 0.450 e. The number of aromatic nitrogens is 2. The van der Waals surface area contributed by atoms with Crippen LogP contribution in [-0.2, 0) is 11.3 Å². The van der Waals surface area contributed by atoms with Crippen LogP contribution in [0.1, 0.15) is 69.4 Å². The Morgan fingerprint density at radius 3 is 2.56 bits per heavy atom. The van der Waals surface area contributed by atoms with E-state index in [1.54, 1.807) is 22.9 Å². The maximum atomic E-state index is 14.0. The van der Waals surface area contributed by atoms with E-state index >= 15 is 0 Å². The van der Waals surface area contributed by atoms with Crippen LogP contribution in [0.2, 0.25) is 0 Å². The highest BCUT2D eigenvalue weighted by Crippen LogP contribution is 2.34. The van der Waals surface area contributed by atoms with E-state index < -0.39 is 11.6 Å². The fraction of sp³-hybridized carbons (Fsp3) is 0.538. The maximum absolute atomic E-state index is 14.0. The Hall–Kier alpha value is -4.60. The molecule has 0 unspecified atom stereocenters. The summed E-state index contributed by atoms with van der Waals surface area (Å²) in [7, 11) is 0. The van der Waals surface area contributed by atoms with Crippen molar-refractivity contribution in [1.29, 1.82) is 5.41 Å². The number of rotatable bonds is 14. The van der Waals surface area contributed by atoms with Crippen LogP contribution in [0.15, 0.2) is 65.5 Å². The second-order valence-corrected chi connectivity index (χ2v) is 14.7. The van der Waals surface area contributed by atoms with E-state index in [0.29, 0.717) is 60.8 Å². The summed E-state index contributed by atoms with van der Waals surface area (Å²) in [4.78, 5) is 35.1. The molecule has 0 radical (unpaired) electrons. The van der Waals surface area contributed by atoms with Crippen molar-refractivity contribution in [3.63, 3.8) is 0 Å². The monoisotopic (exact) mass is 748 g/mol. The molecule has 0 atom stereocenters. The summed E-state index contributed by atoms with van der Waals surface area (Å²) in [5, 5.41) is 20.3. The number of hydrogen-bond acceptors (Lipinski definition) is 9. The normalized spacial score (nSPS) is 21.1. The fourth-order valence-corrected chi connectivity index (χ4v) is 7.90. The minimum Gasteiger partial charge on any atom is -0.450 e. The average Bonchev–Trinajstić information content (AvgIpc) is 3.18. The van der Waals surface area contributed by atoms with Gasteiger partial charge in [-0.3, -0.25) is 19.7 Å². The number of carbonyl (C=O) groups excluding carboxylic acids is 1. The number of allylic oxidation sites excluding steroid dienone is 3. The van der Waals surface area contributed by atoms with Crippen LogP contribution in [0.25, 0.3) is 0 Å². The van der Waals surface area contributed by atoms with E-state index in [9.17, 15) is 18.4 Å². The molecule has 0 bridgehead atoms. The van der Waals surface area contributed by atoms with Crippen LogP contribution in [0.5, 0.6) is 5.75 Å². The summed E-state index contributed by atoms with van der Waals surface area (Å²) in [6, 6.07) is 4.57. The standard InChI is InChI=1S/C39H54F2N10O3/c1-2-34-33(47-37-35(54-34)24-51(39(53)48-37)30-8-6-28(7-9-30)45-16-3-17-46-38(42)43)11-5-26-14-20-49(21-15-26)36(52)25-50(29-12-18-44-19-13-29)23-27-4-10-31(40)32(41)22-27/h2,4-5,10-11,22,24,26,28-30,44-45H,1,3,6-9,12-21,23,25H2,(H4,42,43,46)(H,47,48,53)/b11-5+/t28-,30-. The summed E-state index contributed by atoms with van der Waals surface area (Å²) in [6.45, 7) is 9.03. The van der Waals surface area contributed by atoms with Gasteiger partial charge in [0.15, 0.2) is 34.9 Å². The number of halogens is 2. The van der Waals surface area contributed by atoms with E-state index in [-0.39, 0.29) is 42.1 Å². The minimum atomic E-state index is -0.875. The van der Waals surface area contributed by atoms with Crippen LogP contribution in [0.4, 0.5) is 14.6 Å². The lowest BCUT2D eigenvalue weighted by Crippen LogP contribution is -2.49. The van der Waals surface area contributed by atoms with E-state index in [1.165, 1.54) is 6.07 Å². The van der Waals surface area contributed by atoms with E-state index in [2.05, 4.69) is 43.8 Å². The van der Waals surface area contributed by atoms with Gasteiger partial charge < -0.3 is 36.6 Å². The smallest absolute Gasteiger partial charge is 0.350 e. The number of fused-ring (bicyclic) bond motifs is 1. The van der Waals surface area contributed by atoms with Crippen molar-refractivity contribution in [2.75, 3.05) is 51.1 Å². The van der Waals surface area contributed by atoms with Gasteiger partial charge in [0.05, 0.1) is 18.4 Å². The van der Waals surface area contributed by atoms with Crippen LogP contribution in [0, 0.1) is 23.0 Å². The van der Waals surface area contributed by atoms with Crippen LogP contribution in [-0.4, -0.2) is 89.1 Å². The van der Waals surface area contributed by atoms with E-state index in [1.807, 2.05) is 11.0 Å². The quantitative estimate of drug-likeness (QED) is 0.0954. The molecule has 1 saturated carbocycles. The lowest BCUT2D eigenvalue weighted by Gasteiger charge is -2.37. The Kier molecular flexibility index (Phi) is 13.5. The first-order chi connectivity index (χ1) is 26.2. The molecule has 15 heteroatoms. The summed E-state index contributed by atoms with van der Waals surface area (Å²) >= 11 is 0. The highest BCUT2D eigenvalue weighted by atomic mass is 19.2. The van der Waals surface area contributed by atoms with Crippen molar-refractivity contribution in [1.82, 2.24) is 35.3 Å². The number of piperidine rings is 2. The molecule has 3 fully saturated rings. The Morgan fingerprint density at radius 1 is 1.09 bits per heavy atom. The van der Waals surface area contributed by atoms with Gasteiger partial charge in [-0.1, -0.05) is 18.7 Å². The SMILES string of the molecule is C=CC1=C(/C=C/C2CCN(C(=O)CN(Cc3ccc(F)c(F)c3)C3CCNCC3)CC2)Nc2nc(=O)n([C@H]3CC[C@H](NCCCNC(=N)N)CC3)cc2O1. The van der Waals surface area contributed by atoms with Gasteiger partial charge in [-0.25, -0.2) is 13.6 Å². The Balaban J connectivity index is 1.000. The van der Waals surface area contributed by atoms with Gasteiger partial charge in [0.25, 0.3) is 0 Å². The van der Waals surface area contributed by atoms with Crippen molar-refractivity contribution in [3.05, 3.63) is 88.3 Å². The number of guanidine groups is 1. The number of ether oxygens (including phenoxy) is 1. The van der Waals surface area contributed by atoms with Crippen LogP contribution >= 0.6 is 0 Å². The van der Waals surface area contributed by atoms with Gasteiger partial charge in [-0.2, -0.15) is 4.98 Å². The Bertz CT molecular complexity index is 1760. The van der Waals surface area contributed by atoms with Crippen molar-refractivity contribution < 1.29 is 18.3 Å². The van der Waals surface area contributed by atoms with Gasteiger partial charge in [0, 0.05) is 44.3 Å². The maximum Gasteiger partial charge on any atom is 0.350 e. The minimum absolute atomic E-state index is 0.0140. The first kappa shape index (κ1) is 39.1. The lowest BCUT2D eigenvalue weighted by molar-refractivity contribution is -0.134. The van der Waals surface area contributed by atoms with Gasteiger partial charge in [-0.15, -0.1) is 0 Å². The summed E-state index contributed by atoms with van der Waals surface area (Å²) in [6.07, 6.45) is 15.3. The van der Waals surface area contributed by atoms with Crippen LogP contribution < -0.4 is 37.4 Å². The second kappa shape index (κ2) is 18.6. The predicted octanol–water partition coefficient (Wildman–Crippen LogP) is 3.72. The molecule has 1 amide bonds. The van der Waals surface area contributed by atoms with E-state index in [4.69, 9.17) is 15.9 Å². The Labute approximate surface area is 315 Å². The zero-order valence-corrected chi connectivity index (χ0v) is 30.9. The average molecular weight is 749 g/mol. The van der Waals surface area contributed by atoms with E-state index in [0.717, 1.165) is 83.5 Å². The van der Waals surface area contributed by atoms with Crippen molar-refractivity contribution in [2.24, 2.45) is 11.7 Å². The predicted molar refractivity (Wildman–Crippen MR) is 205 cm³/mol. The molecule has 1 aromatic heterocycles. The molecule has 6 rings (SSSR count). The molecule has 292 valence electrons. The molecule has 13 nitrogen and oxygen atoms in total. The van der Waals surface area contributed by atoms with Gasteiger partial charge >= 0.3 is 5.69 Å². The molecule has 3 aliphatic heterocycles. The number of anilines is 1. The molecule has 2 saturated heterocycles. The lowest BCUT2D eigenvalue weighted by atomic mass is 9.91. The van der Waals surface area contributed by atoms with Crippen LogP contribution in [0.3, 0.4) is 0 Å². The number of nitrogens with two attached hydrogens (primary N) is 1. The molecular formula is C39H54F2N10O3. The van der Waals surface area contributed by atoms with Gasteiger partial charge in [0.2, 0.25) is 5.91 Å². The third-order valence-electron chi connectivity index (χ3n) is 11.0. The number of carbonyl (C=O) groups is 1. The molecule has 4 heterocycles. The number of likely N-dealkylation sites (tertiary alicyclic amines) is 1. The fourth-order valence-electron chi connectivity index (χ4n) is 7.90.